The fraction of sp³-hybridized carbons (Fsp3) is 0. The number of fused-ring (bicyclic) bond motifs is 9. The van der Waals surface area contributed by atoms with E-state index in [1.165, 1.54) is 0 Å². The van der Waals surface area contributed by atoms with E-state index in [0.29, 0.717) is 11.1 Å². The van der Waals surface area contributed by atoms with E-state index in [0.717, 1.165) is 110 Å². The van der Waals surface area contributed by atoms with Crippen LogP contribution in [0.4, 0.5) is 0 Å². The minimum atomic E-state index is 0.650. The Bertz CT molecular complexity index is 3250. The number of hydrogen-bond acceptors (Lipinski definition) is 4. The van der Waals surface area contributed by atoms with Gasteiger partial charge in [0.1, 0.15) is 11.2 Å². The summed E-state index contributed by atoms with van der Waals surface area (Å²) in [5.41, 5.74) is 13.3. The Balaban J connectivity index is 1.01. The maximum absolute atomic E-state index is 9.30. The van der Waals surface area contributed by atoms with Crippen LogP contribution in [0.3, 0.4) is 0 Å². The molecule has 0 atom stereocenters. The van der Waals surface area contributed by atoms with Crippen LogP contribution in [0, 0.1) is 22.7 Å². The quantitative estimate of drug-likeness (QED) is 0.182. The van der Waals surface area contributed by atoms with Crippen LogP contribution < -0.4 is 0 Å². The maximum Gasteiger partial charge on any atom is 0.178 e. The molecule has 11 aromatic rings. The van der Waals surface area contributed by atoms with Crippen molar-refractivity contribution in [3.8, 4) is 56.6 Å². The fourth-order valence-corrected chi connectivity index (χ4v) is 8.46. The molecule has 0 aliphatic rings. The Morgan fingerprint density at radius 1 is 0.304 bits per heavy atom. The van der Waals surface area contributed by atoms with Gasteiger partial charge in [0.2, 0.25) is 0 Å². The van der Waals surface area contributed by atoms with Gasteiger partial charge in [0.25, 0.3) is 0 Å². The minimum Gasteiger partial charge on any atom is -0.452 e. The summed E-state index contributed by atoms with van der Waals surface area (Å²) in [5.74, 6) is 0. The molecule has 0 saturated carbocycles. The molecule has 0 spiro atoms. The predicted octanol–water partition coefficient (Wildman–Crippen LogP) is 14.2. The van der Waals surface area contributed by atoms with Gasteiger partial charge in [0.05, 0.1) is 23.3 Å². The highest BCUT2D eigenvalue weighted by molar-refractivity contribution is 6.20. The topological polar surface area (TPSA) is 73.9 Å². The lowest BCUT2D eigenvalue weighted by Crippen LogP contribution is -1.86. The third-order valence-corrected chi connectivity index (χ3v) is 11.2. The van der Waals surface area contributed by atoms with Crippen LogP contribution in [0.25, 0.3) is 110 Å². The molecule has 56 heavy (non-hydrogen) atoms. The van der Waals surface area contributed by atoms with E-state index in [1.807, 2.05) is 48.5 Å². The van der Waals surface area contributed by atoms with Gasteiger partial charge in [-0.25, -0.2) is 0 Å². The number of nitriles is 2. The second-order valence-corrected chi connectivity index (χ2v) is 14.2. The molecule has 0 radical (unpaired) electrons. The molecule has 258 valence electrons. The Morgan fingerprint density at radius 2 is 0.643 bits per heavy atom. The third kappa shape index (κ3) is 4.84. The first-order chi connectivity index (χ1) is 27.6. The molecule has 0 saturated heterocycles. The molecule has 9 aromatic carbocycles. The van der Waals surface area contributed by atoms with Crippen LogP contribution in [0.1, 0.15) is 11.1 Å². The molecule has 0 aliphatic carbocycles. The number of benzene rings is 9. The van der Waals surface area contributed by atoms with Crippen LogP contribution in [0.15, 0.2) is 179 Å². The van der Waals surface area contributed by atoms with Gasteiger partial charge in [-0.3, -0.25) is 0 Å². The lowest BCUT2D eigenvalue weighted by Gasteiger charge is -2.12. The summed E-state index contributed by atoms with van der Waals surface area (Å²) in [6.45, 7) is 0. The third-order valence-electron chi connectivity index (χ3n) is 11.2. The molecule has 4 nitrogen and oxygen atoms in total. The fourth-order valence-electron chi connectivity index (χ4n) is 8.46. The van der Waals surface area contributed by atoms with E-state index in [-0.39, 0.29) is 0 Å². The predicted molar refractivity (Wildman–Crippen MR) is 227 cm³/mol. The van der Waals surface area contributed by atoms with Crippen molar-refractivity contribution in [2.45, 2.75) is 0 Å². The van der Waals surface area contributed by atoms with E-state index >= 15 is 0 Å². The van der Waals surface area contributed by atoms with Crippen molar-refractivity contribution in [3.63, 3.8) is 0 Å². The van der Waals surface area contributed by atoms with Crippen molar-refractivity contribution in [2.75, 3.05) is 0 Å². The Kier molecular flexibility index (Phi) is 6.95. The molecule has 0 N–H and O–H groups in total. The summed E-state index contributed by atoms with van der Waals surface area (Å²) in [4.78, 5) is 0. The monoisotopic (exact) mass is 712 g/mol. The van der Waals surface area contributed by atoms with Crippen molar-refractivity contribution < 1.29 is 8.83 Å². The highest BCUT2D eigenvalue weighted by atomic mass is 16.4. The van der Waals surface area contributed by atoms with Gasteiger partial charge in [0, 0.05) is 21.5 Å². The number of nitrogens with zero attached hydrogens (tertiary/aromatic N) is 2. The lowest BCUT2D eigenvalue weighted by molar-refractivity contribution is 0.633. The van der Waals surface area contributed by atoms with Crippen LogP contribution in [-0.2, 0) is 0 Å². The molecule has 0 amide bonds. The lowest BCUT2D eigenvalue weighted by atomic mass is 9.91. The van der Waals surface area contributed by atoms with Gasteiger partial charge >= 0.3 is 0 Å². The van der Waals surface area contributed by atoms with Gasteiger partial charge in [-0.15, -0.1) is 0 Å². The standard InChI is InChI=1S/C52H28N2O2/c53-29-31-9-13-33(14-10-31)37-19-21-39(43-7-3-1-5-41(37)43)35-17-25-49-47(27-35)45-23-24-46-48-28-36(18-26-50(48)56-52(46)51(45)55-49)40-22-20-38(42-6-2-4-8-44(40)42)34-15-11-32(30-54)12-16-34/h1-28H. The average Bonchev–Trinajstić information content (AvgIpc) is 3.84. The van der Waals surface area contributed by atoms with Gasteiger partial charge in [-0.05, 0) is 127 Å². The molecular formula is C52H28N2O2. The first-order valence-electron chi connectivity index (χ1n) is 18.5. The molecule has 2 aromatic heterocycles. The molecular weight excluding hydrogens is 685 g/mol. The molecule has 4 heteroatoms. The van der Waals surface area contributed by atoms with Crippen molar-refractivity contribution in [1.82, 2.24) is 0 Å². The number of furan rings is 2. The van der Waals surface area contributed by atoms with Crippen LogP contribution in [0.2, 0.25) is 0 Å². The first-order valence-corrected chi connectivity index (χ1v) is 18.5. The zero-order chi connectivity index (χ0) is 37.3. The Morgan fingerprint density at radius 3 is 1.00 bits per heavy atom. The largest absolute Gasteiger partial charge is 0.452 e. The number of rotatable bonds is 4. The molecule has 0 fully saturated rings. The van der Waals surface area contributed by atoms with Crippen LogP contribution >= 0.6 is 0 Å². The Hall–Kier alpha value is -7.92. The van der Waals surface area contributed by atoms with E-state index in [2.05, 4.69) is 133 Å². The van der Waals surface area contributed by atoms with Gasteiger partial charge in [0.15, 0.2) is 11.2 Å². The van der Waals surface area contributed by atoms with Gasteiger partial charge in [-0.1, -0.05) is 109 Å². The van der Waals surface area contributed by atoms with E-state index < -0.39 is 0 Å². The Labute approximate surface area is 321 Å². The summed E-state index contributed by atoms with van der Waals surface area (Å²) in [7, 11) is 0. The molecule has 2 heterocycles. The zero-order valence-electron chi connectivity index (χ0n) is 29.9. The molecule has 11 rings (SSSR count). The van der Waals surface area contributed by atoms with Gasteiger partial charge in [-0.2, -0.15) is 10.5 Å². The summed E-state index contributed by atoms with van der Waals surface area (Å²) >= 11 is 0. The highest BCUT2D eigenvalue weighted by Gasteiger charge is 2.19. The molecule has 0 aliphatic heterocycles. The van der Waals surface area contributed by atoms with Crippen molar-refractivity contribution in [3.05, 3.63) is 181 Å². The summed E-state index contributed by atoms with van der Waals surface area (Å²) in [6, 6.07) is 62.9. The first kappa shape index (κ1) is 31.6. The summed E-state index contributed by atoms with van der Waals surface area (Å²) in [6.07, 6.45) is 0. The second kappa shape index (κ2) is 12.3. The van der Waals surface area contributed by atoms with Crippen LogP contribution in [-0.4, -0.2) is 0 Å². The highest BCUT2D eigenvalue weighted by Crippen LogP contribution is 2.43. The SMILES string of the molecule is N#Cc1ccc(-c2ccc(-c3ccc4oc5c(ccc6c7cc(-c8ccc(-c9ccc(C#N)cc9)c9ccccc89)ccc7oc65)c4c3)c3ccccc23)cc1. The van der Waals surface area contributed by atoms with Crippen molar-refractivity contribution in [1.29, 1.82) is 10.5 Å². The van der Waals surface area contributed by atoms with Crippen molar-refractivity contribution >= 4 is 65.4 Å². The van der Waals surface area contributed by atoms with E-state index in [1.54, 1.807) is 0 Å². The maximum atomic E-state index is 9.30. The zero-order valence-corrected chi connectivity index (χ0v) is 29.9. The minimum absolute atomic E-state index is 0.650. The number of hydrogen-bond donors (Lipinski definition) is 0. The molecule has 0 unspecified atom stereocenters. The summed E-state index contributed by atoms with van der Waals surface area (Å²) in [5, 5.41) is 27.3. The second-order valence-electron chi connectivity index (χ2n) is 14.2. The van der Waals surface area contributed by atoms with Crippen molar-refractivity contribution in [2.24, 2.45) is 0 Å². The average molecular weight is 713 g/mol. The normalized spacial score (nSPS) is 11.5. The van der Waals surface area contributed by atoms with E-state index in [4.69, 9.17) is 8.83 Å². The van der Waals surface area contributed by atoms with E-state index in [9.17, 15) is 10.5 Å². The van der Waals surface area contributed by atoms with Crippen LogP contribution in [0.5, 0.6) is 0 Å². The smallest absolute Gasteiger partial charge is 0.178 e. The summed E-state index contributed by atoms with van der Waals surface area (Å²) < 4.78 is 13.2. The van der Waals surface area contributed by atoms with Gasteiger partial charge < -0.3 is 8.83 Å². The molecule has 0 bridgehead atoms.